The van der Waals surface area contributed by atoms with E-state index in [1.54, 1.807) is 32.4 Å². The minimum Gasteiger partial charge on any atom is -0.493 e. The standard InChI is InChI=1S/C37H42N4O7/c1-8-19(2)34(37(45)39-23-10-11-24-20(3)15-32(44)40-29(24)17-23)41-28-14-12-25-26(18-30(28)43)27(38-21(4)42)13-9-22-16-31(46-5)35(47-6)36(48-7)33(22)25/h10-12,14-19,27,34H,8-9,13H2,1-7H3,(H,38,42)(H,39,45)(H,40,44)(H,41,43). The maximum Gasteiger partial charge on any atom is 0.248 e. The van der Waals surface area contributed by atoms with E-state index in [0.717, 1.165) is 22.1 Å². The summed E-state index contributed by atoms with van der Waals surface area (Å²) in [7, 11) is 4.64. The summed E-state index contributed by atoms with van der Waals surface area (Å²) in [6.45, 7) is 7.22. The van der Waals surface area contributed by atoms with Crippen LogP contribution in [0.5, 0.6) is 17.2 Å². The summed E-state index contributed by atoms with van der Waals surface area (Å²) in [4.78, 5) is 54.9. The summed E-state index contributed by atoms with van der Waals surface area (Å²) < 4.78 is 17.2. The molecule has 3 atom stereocenters. The number of aromatic amines is 1. The van der Waals surface area contributed by atoms with E-state index in [9.17, 15) is 19.2 Å². The third-order valence-corrected chi connectivity index (χ3v) is 9.04. The summed E-state index contributed by atoms with van der Waals surface area (Å²) in [6, 6.07) is 12.6. The largest absolute Gasteiger partial charge is 0.493 e. The first kappa shape index (κ1) is 34.0. The molecule has 3 unspecified atom stereocenters. The van der Waals surface area contributed by atoms with Gasteiger partial charge in [-0.15, -0.1) is 0 Å². The molecule has 11 nitrogen and oxygen atoms in total. The molecule has 0 spiro atoms. The first-order valence-electron chi connectivity index (χ1n) is 16.0. The zero-order valence-electron chi connectivity index (χ0n) is 28.3. The van der Waals surface area contributed by atoms with Crippen LogP contribution in [0.2, 0.25) is 0 Å². The van der Waals surface area contributed by atoms with E-state index >= 15 is 0 Å². The monoisotopic (exact) mass is 654 g/mol. The van der Waals surface area contributed by atoms with Gasteiger partial charge in [-0.2, -0.15) is 0 Å². The van der Waals surface area contributed by atoms with Crippen molar-refractivity contribution < 1.29 is 23.8 Å². The number of methoxy groups -OCH3 is 3. The van der Waals surface area contributed by atoms with Gasteiger partial charge in [-0.25, -0.2) is 0 Å². The Labute approximate surface area is 279 Å². The van der Waals surface area contributed by atoms with E-state index in [1.165, 1.54) is 26.2 Å². The van der Waals surface area contributed by atoms with Gasteiger partial charge < -0.3 is 35.1 Å². The van der Waals surface area contributed by atoms with Crippen LogP contribution in [-0.2, 0) is 16.0 Å². The van der Waals surface area contributed by atoms with Gasteiger partial charge in [0.1, 0.15) is 6.04 Å². The van der Waals surface area contributed by atoms with Crippen LogP contribution in [0.1, 0.15) is 56.3 Å². The second-order valence-electron chi connectivity index (χ2n) is 12.2. The van der Waals surface area contributed by atoms with Crippen molar-refractivity contribution in [3.63, 3.8) is 0 Å². The number of anilines is 2. The molecule has 2 amide bonds. The molecule has 252 valence electrons. The number of hydrogen-bond acceptors (Lipinski definition) is 8. The van der Waals surface area contributed by atoms with Crippen molar-refractivity contribution in [2.75, 3.05) is 32.0 Å². The Hall–Kier alpha value is -5.32. The van der Waals surface area contributed by atoms with Crippen molar-refractivity contribution in [3.05, 3.63) is 85.8 Å². The van der Waals surface area contributed by atoms with Crippen LogP contribution in [0, 0.1) is 12.8 Å². The number of benzene rings is 2. The third kappa shape index (κ3) is 6.71. The number of pyridine rings is 1. The molecular weight excluding hydrogens is 612 g/mol. The number of carbonyl (C=O) groups excluding carboxylic acids is 2. The number of ether oxygens (including phenoxy) is 3. The predicted octanol–water partition coefficient (Wildman–Crippen LogP) is 5.48. The molecule has 1 aliphatic carbocycles. The number of fused-ring (bicyclic) bond motifs is 4. The number of amides is 2. The van der Waals surface area contributed by atoms with Gasteiger partial charge in [-0.3, -0.25) is 19.2 Å². The molecule has 0 saturated carbocycles. The van der Waals surface area contributed by atoms with Crippen molar-refractivity contribution in [1.82, 2.24) is 10.3 Å². The zero-order chi connectivity index (χ0) is 34.7. The maximum atomic E-state index is 13.9. The van der Waals surface area contributed by atoms with Gasteiger partial charge in [-0.05, 0) is 78.3 Å². The lowest BCUT2D eigenvalue weighted by Gasteiger charge is -2.24. The fourth-order valence-electron chi connectivity index (χ4n) is 6.43. The predicted molar refractivity (Wildman–Crippen MR) is 187 cm³/mol. The van der Waals surface area contributed by atoms with Gasteiger partial charge in [0.15, 0.2) is 11.5 Å². The lowest BCUT2D eigenvalue weighted by atomic mass is 9.95. The van der Waals surface area contributed by atoms with Crippen molar-refractivity contribution >= 4 is 34.1 Å². The lowest BCUT2D eigenvalue weighted by Crippen LogP contribution is -2.40. The smallest absolute Gasteiger partial charge is 0.248 e. The van der Waals surface area contributed by atoms with E-state index in [-0.39, 0.29) is 34.4 Å². The Morgan fingerprint density at radius 2 is 1.73 bits per heavy atom. The van der Waals surface area contributed by atoms with E-state index in [1.807, 2.05) is 39.0 Å². The van der Waals surface area contributed by atoms with Crippen LogP contribution >= 0.6 is 0 Å². The van der Waals surface area contributed by atoms with Gasteiger partial charge in [0.25, 0.3) is 0 Å². The van der Waals surface area contributed by atoms with Crippen LogP contribution in [0.3, 0.4) is 0 Å². The molecule has 1 heterocycles. The van der Waals surface area contributed by atoms with E-state index in [4.69, 9.17) is 14.2 Å². The third-order valence-electron chi connectivity index (χ3n) is 9.04. The second kappa shape index (κ2) is 14.2. The van der Waals surface area contributed by atoms with Crippen LogP contribution in [0.15, 0.2) is 58.1 Å². The van der Waals surface area contributed by atoms with Crippen molar-refractivity contribution in [2.45, 2.75) is 59.0 Å². The number of aromatic nitrogens is 1. The highest BCUT2D eigenvalue weighted by molar-refractivity contribution is 5.98. The van der Waals surface area contributed by atoms with Crippen LogP contribution < -0.4 is 41.1 Å². The molecule has 0 aliphatic heterocycles. The van der Waals surface area contributed by atoms with Crippen LogP contribution in [0.25, 0.3) is 22.0 Å². The van der Waals surface area contributed by atoms with Crippen LogP contribution in [-0.4, -0.2) is 44.2 Å². The number of carbonyl (C=O) groups is 2. The number of hydrogen-bond donors (Lipinski definition) is 4. The Morgan fingerprint density at radius 1 is 0.979 bits per heavy atom. The number of H-pyrrole nitrogens is 1. The fraction of sp³-hybridized carbons (Fsp3) is 0.351. The molecule has 5 rings (SSSR count). The molecule has 0 bridgehead atoms. The molecule has 4 aromatic rings. The Balaban J connectivity index is 1.59. The van der Waals surface area contributed by atoms with Gasteiger partial charge in [0.05, 0.1) is 38.6 Å². The lowest BCUT2D eigenvalue weighted by molar-refractivity contribution is -0.120. The van der Waals surface area contributed by atoms with Crippen LogP contribution in [0.4, 0.5) is 11.4 Å². The number of rotatable bonds is 10. The first-order valence-corrected chi connectivity index (χ1v) is 16.0. The maximum absolute atomic E-state index is 13.9. The minimum atomic E-state index is -0.769. The Bertz CT molecular complexity index is 2010. The quantitative estimate of drug-likeness (QED) is 0.176. The molecule has 1 aromatic heterocycles. The highest BCUT2D eigenvalue weighted by Crippen LogP contribution is 2.50. The first-order chi connectivity index (χ1) is 23.0. The van der Waals surface area contributed by atoms with Crippen molar-refractivity contribution in [1.29, 1.82) is 0 Å². The van der Waals surface area contributed by atoms with Gasteiger partial charge in [-0.1, -0.05) is 32.4 Å². The van der Waals surface area contributed by atoms with Gasteiger partial charge in [0.2, 0.25) is 28.6 Å². The van der Waals surface area contributed by atoms with E-state index in [2.05, 4.69) is 20.9 Å². The van der Waals surface area contributed by atoms with Gasteiger partial charge in [0, 0.05) is 29.6 Å². The Morgan fingerprint density at radius 3 is 2.40 bits per heavy atom. The topological polar surface area (TPSA) is 148 Å². The molecule has 11 heteroatoms. The number of aryl methyl sites for hydroxylation is 2. The average molecular weight is 655 g/mol. The zero-order valence-corrected chi connectivity index (χ0v) is 28.3. The molecule has 0 saturated heterocycles. The number of nitrogens with one attached hydrogen (secondary N) is 4. The summed E-state index contributed by atoms with van der Waals surface area (Å²) >= 11 is 0. The van der Waals surface area contributed by atoms with Crippen molar-refractivity contribution in [2.24, 2.45) is 5.92 Å². The van der Waals surface area contributed by atoms with Crippen molar-refractivity contribution in [3.8, 4) is 28.4 Å². The highest BCUT2D eigenvalue weighted by Gasteiger charge is 2.30. The Kier molecular flexibility index (Phi) is 10.1. The van der Waals surface area contributed by atoms with Gasteiger partial charge >= 0.3 is 0 Å². The van der Waals surface area contributed by atoms with E-state index < -0.39 is 12.1 Å². The molecule has 48 heavy (non-hydrogen) atoms. The molecule has 0 fully saturated rings. The molecule has 4 N–H and O–H groups in total. The molecule has 0 radical (unpaired) electrons. The highest BCUT2D eigenvalue weighted by atomic mass is 16.5. The summed E-state index contributed by atoms with van der Waals surface area (Å²) in [6.07, 6.45) is 1.77. The fourth-order valence-corrected chi connectivity index (χ4v) is 6.43. The molecule has 1 aliphatic rings. The normalized spacial score (nSPS) is 14.9. The molecular formula is C37H42N4O7. The summed E-state index contributed by atoms with van der Waals surface area (Å²) in [5.41, 5.74) is 4.59. The minimum absolute atomic E-state index is 0.153. The molecule has 3 aromatic carbocycles. The summed E-state index contributed by atoms with van der Waals surface area (Å²) in [5.74, 6) is 0.670. The average Bonchev–Trinajstić information content (AvgIpc) is 3.29. The van der Waals surface area contributed by atoms with E-state index in [0.29, 0.717) is 58.8 Å². The SMILES string of the molecule is CCC(C)C(Nc1ccc2c(cc1=O)C(NC(C)=O)CCc1cc(OC)c(OC)c(OC)c1-2)C(=O)Nc1ccc2c(C)cc(=O)[nH]c2c1. The second-order valence-corrected chi connectivity index (χ2v) is 12.2. The summed E-state index contributed by atoms with van der Waals surface area (Å²) in [5, 5.41) is 10.1.